The van der Waals surface area contributed by atoms with Gasteiger partial charge in [0.25, 0.3) is 0 Å². The molecule has 0 aromatic heterocycles. The molecule has 38 heavy (non-hydrogen) atoms. The minimum Gasteiger partial charge on any atom is -0.456 e. The summed E-state index contributed by atoms with van der Waals surface area (Å²) in [4.78, 5) is 24.4. The Hall–Kier alpha value is -1.52. The molecular weight excluding hydrogens is 492 g/mol. The van der Waals surface area contributed by atoms with Gasteiger partial charge in [0.05, 0.1) is 23.7 Å². The second-order valence-electron chi connectivity index (χ2n) is 14.2. The predicted molar refractivity (Wildman–Crippen MR) is 131 cm³/mol. The van der Waals surface area contributed by atoms with Crippen molar-refractivity contribution in [2.75, 3.05) is 0 Å². The zero-order valence-corrected chi connectivity index (χ0v) is 22.8. The monoisotopic (exact) mass is 532 g/mol. The van der Waals surface area contributed by atoms with Crippen LogP contribution in [0.4, 0.5) is 0 Å². The van der Waals surface area contributed by atoms with Gasteiger partial charge in [0.1, 0.15) is 23.9 Å². The van der Waals surface area contributed by atoms with Crippen molar-refractivity contribution in [2.45, 2.75) is 120 Å². The van der Waals surface area contributed by atoms with Crippen LogP contribution in [-0.2, 0) is 28.5 Å². The van der Waals surface area contributed by atoms with Gasteiger partial charge in [-0.1, -0.05) is 13.8 Å². The molecule has 2 saturated carbocycles. The highest BCUT2D eigenvalue weighted by Crippen LogP contribution is 2.76. The molecule has 3 N–H and O–H groups in total. The first kappa shape index (κ1) is 25.4. The standard InChI is InChI=1S/C29H40O9/c1-13-10-16(35-24(13)33)21(31)14(2)20-22-26(20,5)8-9-27-12-28-17(7-6-15(27)23(32)29(22,34)38-27)25(3,4)36-18(28)11-19(30)37-28/h10,14-18,20-23,31-32,34H,6-9,11-12H2,1-5H3/t14-,15-,16-,17-,18+,20+,21-,22-,23+,26+,27-,28+,29-/m0/s1. The highest BCUT2D eigenvalue weighted by atomic mass is 16.7. The average molecular weight is 533 g/mol. The lowest BCUT2D eigenvalue weighted by Gasteiger charge is -2.41. The molecule has 2 aliphatic carbocycles. The van der Waals surface area contributed by atoms with E-state index in [1.807, 2.05) is 6.92 Å². The van der Waals surface area contributed by atoms with Crippen molar-refractivity contribution in [3.05, 3.63) is 11.6 Å². The van der Waals surface area contributed by atoms with Gasteiger partial charge in [-0.05, 0) is 69.8 Å². The van der Waals surface area contributed by atoms with Crippen LogP contribution in [0.15, 0.2) is 11.6 Å². The van der Waals surface area contributed by atoms with E-state index in [0.29, 0.717) is 31.3 Å². The van der Waals surface area contributed by atoms with E-state index in [-0.39, 0.29) is 53.5 Å². The fourth-order valence-corrected chi connectivity index (χ4v) is 10.3. The van der Waals surface area contributed by atoms with Gasteiger partial charge in [-0.25, -0.2) is 4.79 Å². The van der Waals surface area contributed by atoms with Crippen molar-refractivity contribution < 1.29 is 43.9 Å². The SMILES string of the molecule is CC1=C[C@@H]([C@@H](O)[C@@H](C)[C@@H]2[C@H]3[C@]2(C)CC[C@]24C[C@]56OC(=O)C[C@H]5OC(C)(C)[C@@H]6CC[C@H]2[C@@H](O)[C@@]3(O)O4)OC1=O. The van der Waals surface area contributed by atoms with Gasteiger partial charge < -0.3 is 34.3 Å². The van der Waals surface area contributed by atoms with Gasteiger partial charge in [-0.15, -0.1) is 0 Å². The first-order valence-electron chi connectivity index (χ1n) is 14.3. The number of cyclic esters (lactones) is 1. The van der Waals surface area contributed by atoms with Crippen molar-refractivity contribution in [1.82, 2.24) is 0 Å². The van der Waals surface area contributed by atoms with Crippen molar-refractivity contribution in [3.63, 3.8) is 0 Å². The number of aliphatic hydroxyl groups excluding tert-OH is 2. The number of carbonyl (C=O) groups excluding carboxylic acids is 2. The number of aliphatic hydroxyl groups is 3. The summed E-state index contributed by atoms with van der Waals surface area (Å²) in [5, 5.41) is 35.1. The maximum Gasteiger partial charge on any atom is 0.334 e. The number of hydrogen-bond acceptors (Lipinski definition) is 9. The molecule has 9 heteroatoms. The molecule has 2 bridgehead atoms. The zero-order valence-electron chi connectivity index (χ0n) is 22.8. The number of rotatable bonds is 3. The smallest absolute Gasteiger partial charge is 0.334 e. The summed E-state index contributed by atoms with van der Waals surface area (Å²) in [6.45, 7) is 9.80. The lowest BCUT2D eigenvalue weighted by Crippen LogP contribution is -2.51. The van der Waals surface area contributed by atoms with Crippen LogP contribution in [-0.4, -0.2) is 74.3 Å². The summed E-state index contributed by atoms with van der Waals surface area (Å²) in [5.74, 6) is -3.57. The lowest BCUT2D eigenvalue weighted by molar-refractivity contribution is -0.271. The van der Waals surface area contributed by atoms with Crippen molar-refractivity contribution in [3.8, 4) is 0 Å². The Labute approximate surface area is 222 Å². The minimum absolute atomic E-state index is 0.0164. The van der Waals surface area contributed by atoms with Gasteiger partial charge >= 0.3 is 11.9 Å². The Morgan fingerprint density at radius 1 is 1.13 bits per heavy atom. The molecule has 7 aliphatic rings. The number of fused-ring (bicyclic) bond motifs is 3. The van der Waals surface area contributed by atoms with Gasteiger partial charge in [0.15, 0.2) is 5.79 Å². The molecule has 2 spiro atoms. The largest absolute Gasteiger partial charge is 0.456 e. The van der Waals surface area contributed by atoms with Gasteiger partial charge in [0, 0.05) is 29.7 Å². The summed E-state index contributed by atoms with van der Waals surface area (Å²) in [6, 6.07) is 0. The van der Waals surface area contributed by atoms with Crippen LogP contribution in [0.5, 0.6) is 0 Å². The normalized spacial score (nSPS) is 55.4. The maximum absolute atomic E-state index is 12.5. The quantitative estimate of drug-likeness (QED) is 0.467. The Bertz CT molecular complexity index is 1130. The fraction of sp³-hybridized carbons (Fsp3) is 0.862. The van der Waals surface area contributed by atoms with Crippen LogP contribution in [0.1, 0.15) is 73.1 Å². The lowest BCUT2D eigenvalue weighted by atomic mass is 9.69. The molecule has 0 aromatic carbocycles. The van der Waals surface area contributed by atoms with Crippen LogP contribution < -0.4 is 0 Å². The molecule has 210 valence electrons. The topological polar surface area (TPSA) is 132 Å². The predicted octanol–water partition coefficient (Wildman–Crippen LogP) is 2.00. The molecule has 6 fully saturated rings. The van der Waals surface area contributed by atoms with Crippen molar-refractivity contribution in [1.29, 1.82) is 0 Å². The molecule has 0 radical (unpaired) electrons. The number of ether oxygens (including phenoxy) is 4. The summed E-state index contributed by atoms with van der Waals surface area (Å²) in [6.07, 6.45) is 1.88. The highest BCUT2D eigenvalue weighted by molar-refractivity contribution is 5.90. The van der Waals surface area contributed by atoms with Crippen LogP contribution in [0.25, 0.3) is 0 Å². The van der Waals surface area contributed by atoms with Crippen molar-refractivity contribution >= 4 is 11.9 Å². The summed E-state index contributed by atoms with van der Waals surface area (Å²) < 4.78 is 24.6. The van der Waals surface area contributed by atoms with E-state index < -0.39 is 46.9 Å². The molecule has 5 aliphatic heterocycles. The molecular formula is C29H40O9. The Morgan fingerprint density at radius 3 is 2.55 bits per heavy atom. The minimum atomic E-state index is -1.77. The van der Waals surface area contributed by atoms with Gasteiger partial charge in [-0.2, -0.15) is 0 Å². The van der Waals surface area contributed by atoms with Crippen LogP contribution in [0.2, 0.25) is 0 Å². The molecule has 9 nitrogen and oxygen atoms in total. The summed E-state index contributed by atoms with van der Waals surface area (Å²) in [5.41, 5.74) is -2.01. The van der Waals surface area contributed by atoms with E-state index >= 15 is 0 Å². The van der Waals surface area contributed by atoms with E-state index in [0.717, 1.165) is 6.42 Å². The zero-order chi connectivity index (χ0) is 27.2. The first-order valence-corrected chi connectivity index (χ1v) is 14.3. The first-order chi connectivity index (χ1) is 17.7. The highest BCUT2D eigenvalue weighted by Gasteiger charge is 2.82. The van der Waals surface area contributed by atoms with E-state index in [1.54, 1.807) is 13.0 Å². The molecule has 0 amide bonds. The molecule has 13 atom stereocenters. The second kappa shape index (κ2) is 7.40. The van der Waals surface area contributed by atoms with Crippen LogP contribution >= 0.6 is 0 Å². The van der Waals surface area contributed by atoms with Gasteiger partial charge in [0.2, 0.25) is 0 Å². The van der Waals surface area contributed by atoms with Crippen LogP contribution in [0.3, 0.4) is 0 Å². The summed E-state index contributed by atoms with van der Waals surface area (Å²) >= 11 is 0. The molecule has 5 heterocycles. The Balaban J connectivity index is 1.21. The van der Waals surface area contributed by atoms with Crippen molar-refractivity contribution in [2.24, 2.45) is 35.0 Å². The summed E-state index contributed by atoms with van der Waals surface area (Å²) in [7, 11) is 0. The molecule has 0 aromatic rings. The third kappa shape index (κ3) is 2.95. The fourth-order valence-electron chi connectivity index (χ4n) is 10.3. The van der Waals surface area contributed by atoms with E-state index in [9.17, 15) is 24.9 Å². The van der Waals surface area contributed by atoms with E-state index in [1.165, 1.54) is 0 Å². The van der Waals surface area contributed by atoms with E-state index in [4.69, 9.17) is 18.9 Å². The Kier molecular flexibility index (Phi) is 4.96. The van der Waals surface area contributed by atoms with Crippen LogP contribution in [0, 0.1) is 35.0 Å². The third-order valence-electron chi connectivity index (χ3n) is 11.9. The Morgan fingerprint density at radius 2 is 1.87 bits per heavy atom. The number of hydrogen-bond donors (Lipinski definition) is 3. The second-order valence-corrected chi connectivity index (χ2v) is 14.2. The average Bonchev–Trinajstić information content (AvgIpc) is 3.02. The molecule has 7 rings (SSSR count). The maximum atomic E-state index is 12.5. The molecule has 4 saturated heterocycles. The van der Waals surface area contributed by atoms with Gasteiger partial charge in [-0.3, -0.25) is 4.79 Å². The molecule has 0 unspecified atom stereocenters. The number of esters is 2. The number of carbonyl (C=O) groups is 2. The third-order valence-corrected chi connectivity index (χ3v) is 11.9. The van der Waals surface area contributed by atoms with E-state index in [2.05, 4.69) is 20.8 Å².